The number of aryl methyl sites for hydroxylation is 1. The van der Waals surface area contributed by atoms with Crippen molar-refractivity contribution in [3.05, 3.63) is 45.7 Å². The maximum absolute atomic E-state index is 12.4. The topological polar surface area (TPSA) is 71.2 Å². The van der Waals surface area contributed by atoms with Crippen LogP contribution < -0.4 is 10.7 Å². The molecule has 0 bridgehead atoms. The molecule has 1 aromatic heterocycles. The summed E-state index contributed by atoms with van der Waals surface area (Å²) in [6.07, 6.45) is 3.52. The second kappa shape index (κ2) is 5.69. The van der Waals surface area contributed by atoms with E-state index in [1.807, 2.05) is 19.1 Å². The largest absolute Gasteiger partial charge is 0.376 e. The average Bonchev–Trinajstić information content (AvgIpc) is 2.99. The highest BCUT2D eigenvalue weighted by atomic mass is 16.5. The molecule has 0 spiro atoms. The minimum absolute atomic E-state index is 0.0655. The predicted octanol–water partition coefficient (Wildman–Crippen LogP) is 1.75. The number of H-pyrrole nitrogens is 1. The molecule has 1 aromatic carbocycles. The number of hydrogen-bond acceptors (Lipinski definition) is 3. The lowest BCUT2D eigenvalue weighted by Crippen LogP contribution is -2.34. The Bertz CT molecular complexity index is 730. The van der Waals surface area contributed by atoms with Crippen molar-refractivity contribution in [3.8, 4) is 0 Å². The molecular weight excluding hydrogens is 268 g/mol. The number of nitrogens with one attached hydrogen (secondary N) is 2. The molecule has 2 heterocycles. The smallest absolute Gasteiger partial charge is 0.256 e. The lowest BCUT2D eigenvalue weighted by Gasteiger charge is -2.10. The maximum atomic E-state index is 12.4. The first-order valence-electron chi connectivity index (χ1n) is 7.17. The van der Waals surface area contributed by atoms with E-state index in [1.54, 1.807) is 6.07 Å². The Morgan fingerprint density at radius 2 is 2.33 bits per heavy atom. The molecular formula is C16H18N2O3. The van der Waals surface area contributed by atoms with Gasteiger partial charge in [-0.15, -0.1) is 0 Å². The lowest BCUT2D eigenvalue weighted by atomic mass is 10.1. The van der Waals surface area contributed by atoms with E-state index in [1.165, 1.54) is 6.20 Å². The molecule has 0 saturated carbocycles. The van der Waals surface area contributed by atoms with Crippen LogP contribution in [-0.4, -0.2) is 30.1 Å². The SMILES string of the molecule is Cc1ccc2[nH]cc(C(=O)NCC3CCCO3)c(=O)c2c1. The third kappa shape index (κ3) is 2.83. The maximum Gasteiger partial charge on any atom is 0.256 e. The van der Waals surface area contributed by atoms with Gasteiger partial charge in [-0.1, -0.05) is 11.6 Å². The number of hydrogen-bond donors (Lipinski definition) is 2. The van der Waals surface area contributed by atoms with Gasteiger partial charge in [-0.25, -0.2) is 0 Å². The summed E-state index contributed by atoms with van der Waals surface area (Å²) in [6, 6.07) is 5.57. The Balaban J connectivity index is 1.84. The molecule has 5 heteroatoms. The standard InChI is InChI=1S/C16H18N2O3/c1-10-4-5-14-12(7-10)15(19)13(9-17-14)16(20)18-8-11-3-2-6-21-11/h4-5,7,9,11H,2-3,6,8H2,1H3,(H,17,19)(H,18,20). The summed E-state index contributed by atoms with van der Waals surface area (Å²) in [7, 11) is 0. The van der Waals surface area contributed by atoms with Gasteiger partial charge in [-0.05, 0) is 31.9 Å². The molecule has 1 atom stereocenters. The minimum Gasteiger partial charge on any atom is -0.376 e. The molecule has 0 aliphatic carbocycles. The van der Waals surface area contributed by atoms with Crippen LogP contribution in [0.15, 0.2) is 29.2 Å². The first-order chi connectivity index (χ1) is 10.1. The summed E-state index contributed by atoms with van der Waals surface area (Å²) in [5.41, 5.74) is 1.63. The van der Waals surface area contributed by atoms with E-state index in [4.69, 9.17) is 4.74 Å². The quantitative estimate of drug-likeness (QED) is 0.903. The second-order valence-corrected chi connectivity index (χ2v) is 5.43. The normalized spacial score (nSPS) is 18.0. The number of pyridine rings is 1. The van der Waals surface area contributed by atoms with Crippen molar-refractivity contribution in [1.29, 1.82) is 0 Å². The molecule has 2 aromatic rings. The minimum atomic E-state index is -0.352. The Kier molecular flexibility index (Phi) is 3.75. The van der Waals surface area contributed by atoms with Crippen molar-refractivity contribution in [2.45, 2.75) is 25.9 Å². The second-order valence-electron chi connectivity index (χ2n) is 5.43. The van der Waals surface area contributed by atoms with E-state index in [2.05, 4.69) is 10.3 Å². The number of rotatable bonds is 3. The summed E-state index contributed by atoms with van der Waals surface area (Å²) in [5.74, 6) is -0.352. The number of carbonyl (C=O) groups excluding carboxylic acids is 1. The van der Waals surface area contributed by atoms with Gasteiger partial charge >= 0.3 is 0 Å². The predicted molar refractivity (Wildman–Crippen MR) is 80.6 cm³/mol. The highest BCUT2D eigenvalue weighted by molar-refractivity contribution is 5.97. The lowest BCUT2D eigenvalue weighted by molar-refractivity contribution is 0.0857. The van der Waals surface area contributed by atoms with Crippen LogP contribution in [-0.2, 0) is 4.74 Å². The molecule has 0 radical (unpaired) electrons. The van der Waals surface area contributed by atoms with Crippen molar-refractivity contribution in [1.82, 2.24) is 10.3 Å². The zero-order valence-electron chi connectivity index (χ0n) is 11.9. The molecule has 5 nitrogen and oxygen atoms in total. The summed E-state index contributed by atoms with van der Waals surface area (Å²) >= 11 is 0. The monoisotopic (exact) mass is 286 g/mol. The van der Waals surface area contributed by atoms with Gasteiger partial charge in [0.2, 0.25) is 5.43 Å². The molecule has 1 amide bonds. The third-order valence-corrected chi connectivity index (χ3v) is 3.80. The Labute approximate surface area is 122 Å². The average molecular weight is 286 g/mol. The summed E-state index contributed by atoms with van der Waals surface area (Å²) in [4.78, 5) is 27.6. The zero-order valence-corrected chi connectivity index (χ0v) is 11.9. The molecule has 1 fully saturated rings. The summed E-state index contributed by atoms with van der Waals surface area (Å²) < 4.78 is 5.45. The molecule has 1 aliphatic rings. The van der Waals surface area contributed by atoms with Crippen LogP contribution in [0.5, 0.6) is 0 Å². The number of carbonyl (C=O) groups is 1. The van der Waals surface area contributed by atoms with Gasteiger partial charge in [-0.3, -0.25) is 9.59 Å². The summed E-state index contributed by atoms with van der Waals surface area (Å²) in [5, 5.41) is 3.32. The van der Waals surface area contributed by atoms with Gasteiger partial charge in [-0.2, -0.15) is 0 Å². The fourth-order valence-electron chi connectivity index (χ4n) is 2.61. The van der Waals surface area contributed by atoms with E-state index in [0.717, 1.165) is 30.5 Å². The third-order valence-electron chi connectivity index (χ3n) is 3.80. The van der Waals surface area contributed by atoms with Crippen LogP contribution >= 0.6 is 0 Å². The van der Waals surface area contributed by atoms with Gasteiger partial charge in [0.25, 0.3) is 5.91 Å². The molecule has 21 heavy (non-hydrogen) atoms. The van der Waals surface area contributed by atoms with Crippen LogP contribution in [0.3, 0.4) is 0 Å². The fourth-order valence-corrected chi connectivity index (χ4v) is 2.61. The van der Waals surface area contributed by atoms with Crippen LogP contribution in [0.1, 0.15) is 28.8 Å². The zero-order chi connectivity index (χ0) is 14.8. The number of aromatic nitrogens is 1. The van der Waals surface area contributed by atoms with E-state index >= 15 is 0 Å². The number of ether oxygens (including phenoxy) is 1. The van der Waals surface area contributed by atoms with Crippen molar-refractivity contribution >= 4 is 16.8 Å². The first kappa shape index (κ1) is 13.8. The fraction of sp³-hybridized carbons (Fsp3) is 0.375. The van der Waals surface area contributed by atoms with E-state index in [-0.39, 0.29) is 23.0 Å². The van der Waals surface area contributed by atoms with Gasteiger partial charge in [0.1, 0.15) is 5.56 Å². The van der Waals surface area contributed by atoms with E-state index in [9.17, 15) is 9.59 Å². The Hall–Kier alpha value is -2.14. The highest BCUT2D eigenvalue weighted by Gasteiger charge is 2.18. The van der Waals surface area contributed by atoms with Crippen LogP contribution in [0, 0.1) is 6.92 Å². The van der Waals surface area contributed by atoms with Crippen LogP contribution in [0.4, 0.5) is 0 Å². The van der Waals surface area contributed by atoms with Crippen LogP contribution in [0.25, 0.3) is 10.9 Å². The Morgan fingerprint density at radius 3 is 3.10 bits per heavy atom. The first-order valence-corrected chi connectivity index (χ1v) is 7.17. The Morgan fingerprint density at radius 1 is 1.48 bits per heavy atom. The molecule has 110 valence electrons. The van der Waals surface area contributed by atoms with Gasteiger partial charge in [0, 0.05) is 30.3 Å². The van der Waals surface area contributed by atoms with Crippen molar-refractivity contribution < 1.29 is 9.53 Å². The number of fused-ring (bicyclic) bond motifs is 1. The van der Waals surface area contributed by atoms with Gasteiger partial charge in [0.15, 0.2) is 0 Å². The number of aromatic amines is 1. The van der Waals surface area contributed by atoms with Crippen molar-refractivity contribution in [2.24, 2.45) is 0 Å². The van der Waals surface area contributed by atoms with E-state index < -0.39 is 0 Å². The number of benzene rings is 1. The molecule has 1 saturated heterocycles. The molecule has 3 rings (SSSR count). The van der Waals surface area contributed by atoms with Crippen molar-refractivity contribution in [2.75, 3.05) is 13.2 Å². The van der Waals surface area contributed by atoms with Gasteiger partial charge < -0.3 is 15.0 Å². The highest BCUT2D eigenvalue weighted by Crippen LogP contribution is 2.12. The van der Waals surface area contributed by atoms with Crippen LogP contribution in [0.2, 0.25) is 0 Å². The number of amides is 1. The van der Waals surface area contributed by atoms with Crippen molar-refractivity contribution in [3.63, 3.8) is 0 Å². The molecule has 1 aliphatic heterocycles. The van der Waals surface area contributed by atoms with E-state index in [0.29, 0.717) is 11.9 Å². The summed E-state index contributed by atoms with van der Waals surface area (Å²) in [6.45, 7) is 3.11. The van der Waals surface area contributed by atoms with Gasteiger partial charge in [0.05, 0.1) is 6.10 Å². The molecule has 1 unspecified atom stereocenters. The molecule has 2 N–H and O–H groups in total.